The fraction of sp³-hybridized carbons (Fsp3) is 0.765. The number of aromatic nitrogens is 1. The Balaban J connectivity index is 1.98. The normalized spacial score (nSPS) is 24.1. The van der Waals surface area contributed by atoms with Gasteiger partial charge in [0.05, 0.1) is 0 Å². The number of aryl methyl sites for hydroxylation is 1. The van der Waals surface area contributed by atoms with Crippen molar-refractivity contribution in [2.75, 3.05) is 0 Å². The SMILES string of the molecule is Cc1cc(CNC2CCCCC2C(C)C)c(C)n1C. The van der Waals surface area contributed by atoms with Gasteiger partial charge in [-0.2, -0.15) is 0 Å². The van der Waals surface area contributed by atoms with Gasteiger partial charge in [-0.05, 0) is 50.2 Å². The molecule has 19 heavy (non-hydrogen) atoms. The van der Waals surface area contributed by atoms with Crippen LogP contribution in [-0.2, 0) is 13.6 Å². The minimum Gasteiger partial charge on any atom is -0.352 e. The minimum absolute atomic E-state index is 0.716. The Bertz CT molecular complexity index is 417. The molecule has 2 unspecified atom stereocenters. The van der Waals surface area contributed by atoms with Crippen molar-refractivity contribution in [1.29, 1.82) is 0 Å². The number of hydrogen-bond donors (Lipinski definition) is 1. The van der Waals surface area contributed by atoms with Crippen LogP contribution >= 0.6 is 0 Å². The molecule has 1 saturated carbocycles. The summed E-state index contributed by atoms with van der Waals surface area (Å²) in [5, 5.41) is 3.84. The standard InChI is InChI=1S/C17H30N2/c1-12(2)16-8-6-7-9-17(16)18-11-15-10-13(3)19(5)14(15)4/h10,12,16-18H,6-9,11H2,1-5H3. The Morgan fingerprint density at radius 3 is 2.53 bits per heavy atom. The van der Waals surface area contributed by atoms with Crippen LogP contribution in [0.3, 0.4) is 0 Å². The smallest absolute Gasteiger partial charge is 0.0226 e. The van der Waals surface area contributed by atoms with Gasteiger partial charge in [-0.3, -0.25) is 0 Å². The highest BCUT2D eigenvalue weighted by Gasteiger charge is 2.27. The van der Waals surface area contributed by atoms with Crippen LogP contribution in [-0.4, -0.2) is 10.6 Å². The zero-order chi connectivity index (χ0) is 14.0. The number of hydrogen-bond acceptors (Lipinski definition) is 1. The molecule has 0 spiro atoms. The summed E-state index contributed by atoms with van der Waals surface area (Å²) in [4.78, 5) is 0. The molecule has 2 nitrogen and oxygen atoms in total. The Hall–Kier alpha value is -0.760. The molecule has 1 aliphatic rings. The molecule has 2 rings (SSSR count). The molecule has 1 aromatic heterocycles. The maximum absolute atomic E-state index is 3.84. The first-order chi connectivity index (χ1) is 9.00. The van der Waals surface area contributed by atoms with Gasteiger partial charge in [0.25, 0.3) is 0 Å². The second-order valence-corrected chi connectivity index (χ2v) is 6.64. The zero-order valence-electron chi connectivity index (χ0n) is 13.3. The van der Waals surface area contributed by atoms with E-state index in [0.29, 0.717) is 6.04 Å². The maximum atomic E-state index is 3.84. The van der Waals surface area contributed by atoms with E-state index in [1.165, 1.54) is 42.6 Å². The van der Waals surface area contributed by atoms with Crippen LogP contribution in [0.15, 0.2) is 6.07 Å². The highest BCUT2D eigenvalue weighted by Crippen LogP contribution is 2.30. The first-order valence-corrected chi connectivity index (χ1v) is 7.86. The van der Waals surface area contributed by atoms with Gasteiger partial charge in [-0.1, -0.05) is 26.7 Å². The van der Waals surface area contributed by atoms with Crippen molar-refractivity contribution in [3.05, 3.63) is 23.0 Å². The van der Waals surface area contributed by atoms with Crippen molar-refractivity contribution in [3.63, 3.8) is 0 Å². The van der Waals surface area contributed by atoms with Crippen LogP contribution in [0.25, 0.3) is 0 Å². The molecule has 1 aromatic rings. The molecule has 2 heteroatoms. The van der Waals surface area contributed by atoms with Gasteiger partial charge in [0.15, 0.2) is 0 Å². The Morgan fingerprint density at radius 2 is 1.95 bits per heavy atom. The minimum atomic E-state index is 0.716. The first-order valence-electron chi connectivity index (χ1n) is 7.86. The summed E-state index contributed by atoms with van der Waals surface area (Å²) in [5.41, 5.74) is 4.23. The van der Waals surface area contributed by atoms with Crippen LogP contribution < -0.4 is 5.32 Å². The van der Waals surface area contributed by atoms with Crippen LogP contribution in [0.1, 0.15) is 56.5 Å². The van der Waals surface area contributed by atoms with Crippen molar-refractivity contribution < 1.29 is 0 Å². The Morgan fingerprint density at radius 1 is 1.26 bits per heavy atom. The molecule has 2 atom stereocenters. The van der Waals surface area contributed by atoms with E-state index in [0.717, 1.165) is 18.4 Å². The molecule has 0 aromatic carbocycles. The molecule has 0 amide bonds. The van der Waals surface area contributed by atoms with Crippen molar-refractivity contribution >= 4 is 0 Å². The zero-order valence-corrected chi connectivity index (χ0v) is 13.3. The van der Waals surface area contributed by atoms with Gasteiger partial charge < -0.3 is 9.88 Å². The predicted molar refractivity (Wildman–Crippen MR) is 82.3 cm³/mol. The predicted octanol–water partition coefficient (Wildman–Crippen LogP) is 3.95. The van der Waals surface area contributed by atoms with E-state index in [1.54, 1.807) is 0 Å². The lowest BCUT2D eigenvalue weighted by Crippen LogP contribution is -2.40. The molecular weight excluding hydrogens is 232 g/mol. The summed E-state index contributed by atoms with van der Waals surface area (Å²) >= 11 is 0. The largest absolute Gasteiger partial charge is 0.352 e. The summed E-state index contributed by atoms with van der Waals surface area (Å²) in [6, 6.07) is 3.05. The highest BCUT2D eigenvalue weighted by molar-refractivity contribution is 5.26. The second-order valence-electron chi connectivity index (χ2n) is 6.64. The second kappa shape index (κ2) is 6.13. The number of nitrogens with zero attached hydrogens (tertiary/aromatic N) is 1. The summed E-state index contributed by atoms with van der Waals surface area (Å²) in [7, 11) is 2.16. The van der Waals surface area contributed by atoms with E-state index in [2.05, 4.69) is 50.7 Å². The summed E-state index contributed by atoms with van der Waals surface area (Å²) in [5.74, 6) is 1.66. The molecule has 1 heterocycles. The quantitative estimate of drug-likeness (QED) is 0.869. The highest BCUT2D eigenvalue weighted by atomic mass is 15.0. The monoisotopic (exact) mass is 262 g/mol. The van der Waals surface area contributed by atoms with Crippen molar-refractivity contribution in [3.8, 4) is 0 Å². The average molecular weight is 262 g/mol. The fourth-order valence-corrected chi connectivity index (χ4v) is 3.56. The summed E-state index contributed by atoms with van der Waals surface area (Å²) in [6.45, 7) is 10.2. The molecule has 0 aliphatic heterocycles. The molecule has 0 saturated heterocycles. The van der Waals surface area contributed by atoms with Crippen molar-refractivity contribution in [2.45, 2.75) is 66.0 Å². The van der Waals surface area contributed by atoms with Crippen molar-refractivity contribution in [2.24, 2.45) is 18.9 Å². The molecule has 1 N–H and O–H groups in total. The molecule has 0 bridgehead atoms. The molecule has 1 aliphatic carbocycles. The lowest BCUT2D eigenvalue weighted by Gasteiger charge is -2.35. The lowest BCUT2D eigenvalue weighted by atomic mass is 9.78. The van der Waals surface area contributed by atoms with Gasteiger partial charge in [0, 0.05) is 31.0 Å². The van der Waals surface area contributed by atoms with E-state index in [-0.39, 0.29) is 0 Å². The third-order valence-electron chi connectivity index (χ3n) is 5.11. The van der Waals surface area contributed by atoms with Crippen molar-refractivity contribution in [1.82, 2.24) is 9.88 Å². The number of nitrogens with one attached hydrogen (secondary N) is 1. The topological polar surface area (TPSA) is 17.0 Å². The van der Waals surface area contributed by atoms with Gasteiger partial charge >= 0.3 is 0 Å². The van der Waals surface area contributed by atoms with Gasteiger partial charge in [-0.15, -0.1) is 0 Å². The molecular formula is C17H30N2. The average Bonchev–Trinajstić information content (AvgIpc) is 2.64. The number of rotatable bonds is 4. The van der Waals surface area contributed by atoms with Crippen LogP contribution in [0.5, 0.6) is 0 Å². The van der Waals surface area contributed by atoms with E-state index >= 15 is 0 Å². The third-order valence-corrected chi connectivity index (χ3v) is 5.11. The van der Waals surface area contributed by atoms with E-state index in [1.807, 2.05) is 0 Å². The van der Waals surface area contributed by atoms with Crippen LogP contribution in [0.2, 0.25) is 0 Å². The molecule has 0 radical (unpaired) electrons. The Labute approximate surface area is 118 Å². The lowest BCUT2D eigenvalue weighted by molar-refractivity contribution is 0.204. The molecule has 1 fully saturated rings. The van der Waals surface area contributed by atoms with E-state index < -0.39 is 0 Å². The molecule has 108 valence electrons. The summed E-state index contributed by atoms with van der Waals surface area (Å²) < 4.78 is 2.29. The van der Waals surface area contributed by atoms with Crippen LogP contribution in [0.4, 0.5) is 0 Å². The van der Waals surface area contributed by atoms with E-state index in [4.69, 9.17) is 0 Å². The van der Waals surface area contributed by atoms with Gasteiger partial charge in [0.2, 0.25) is 0 Å². The van der Waals surface area contributed by atoms with Gasteiger partial charge in [0.1, 0.15) is 0 Å². The maximum Gasteiger partial charge on any atom is 0.0226 e. The Kier molecular flexibility index (Phi) is 4.72. The summed E-state index contributed by atoms with van der Waals surface area (Å²) in [6.07, 6.45) is 5.58. The van der Waals surface area contributed by atoms with E-state index in [9.17, 15) is 0 Å². The third kappa shape index (κ3) is 3.22. The first kappa shape index (κ1) is 14.6. The van der Waals surface area contributed by atoms with Gasteiger partial charge in [-0.25, -0.2) is 0 Å². The fourth-order valence-electron chi connectivity index (χ4n) is 3.56. The van der Waals surface area contributed by atoms with Crippen LogP contribution in [0, 0.1) is 25.7 Å².